The molecule has 0 aliphatic heterocycles. The van der Waals surface area contributed by atoms with Crippen molar-refractivity contribution in [2.75, 3.05) is 5.32 Å². The molecular weight excluding hydrogens is 548 g/mol. The third-order valence-electron chi connectivity index (χ3n) is 6.28. The highest BCUT2D eigenvalue weighted by Gasteiger charge is 2.21. The second-order valence-corrected chi connectivity index (χ2v) is 9.10. The van der Waals surface area contributed by atoms with Gasteiger partial charge in [-0.15, -0.1) is 5.10 Å². The van der Waals surface area contributed by atoms with E-state index in [0.717, 1.165) is 17.7 Å². The summed E-state index contributed by atoms with van der Waals surface area (Å²) in [5.74, 6) is -4.22. The number of aryl methyl sites for hydroxylation is 1. The molecule has 2 N–H and O–H groups in total. The van der Waals surface area contributed by atoms with Crippen molar-refractivity contribution in [3.05, 3.63) is 108 Å². The average Bonchev–Trinajstić information content (AvgIpc) is 3.34. The Balaban J connectivity index is 1.34. The van der Waals surface area contributed by atoms with Crippen molar-refractivity contribution in [2.24, 2.45) is 7.05 Å². The van der Waals surface area contributed by atoms with E-state index in [-0.39, 0.29) is 11.3 Å². The van der Waals surface area contributed by atoms with Gasteiger partial charge in [0.05, 0.1) is 0 Å². The number of carbonyl (C=O) groups excluding carboxylic acids is 1. The molecule has 1 unspecified atom stereocenters. The van der Waals surface area contributed by atoms with E-state index < -0.39 is 41.2 Å². The number of carbonyl (C=O) groups is 2. The molecule has 5 rings (SSSR count). The fourth-order valence-corrected chi connectivity index (χ4v) is 4.16. The van der Waals surface area contributed by atoms with Crippen LogP contribution in [0.5, 0.6) is 11.5 Å². The Morgan fingerprint density at radius 2 is 1.60 bits per heavy atom. The standard InChI is InChI=1S/C30H23F2N5O5/c1-17(18-7-4-3-5-8-18)41-30(40)34-28-25(35-36-37(28)2)20-12-10-19(11-13-20)21-15-22(31)27(23(32)16-21)42-24-9-6-14-33-26(24)29(38)39/h3-17H,1-2H3,(H,34,40)(H,38,39). The molecule has 0 bridgehead atoms. The first-order valence-electron chi connectivity index (χ1n) is 12.6. The van der Waals surface area contributed by atoms with E-state index in [1.54, 1.807) is 38.2 Å². The van der Waals surface area contributed by atoms with Crippen LogP contribution in [0.3, 0.4) is 0 Å². The summed E-state index contributed by atoms with van der Waals surface area (Å²) in [7, 11) is 1.61. The summed E-state index contributed by atoms with van der Waals surface area (Å²) in [6.07, 6.45) is 0.0504. The highest BCUT2D eigenvalue weighted by molar-refractivity contribution is 5.89. The number of pyridine rings is 1. The number of nitrogens with one attached hydrogen (secondary N) is 1. The van der Waals surface area contributed by atoms with Gasteiger partial charge >= 0.3 is 12.1 Å². The second kappa shape index (κ2) is 11.8. The Kier molecular flexibility index (Phi) is 7.87. The van der Waals surface area contributed by atoms with Crippen LogP contribution in [0.4, 0.5) is 19.4 Å². The average molecular weight is 572 g/mol. The molecule has 2 aromatic heterocycles. The van der Waals surface area contributed by atoms with Crippen molar-refractivity contribution < 1.29 is 33.0 Å². The summed E-state index contributed by atoms with van der Waals surface area (Å²) in [6.45, 7) is 1.76. The van der Waals surface area contributed by atoms with Crippen LogP contribution in [0.1, 0.15) is 29.1 Å². The van der Waals surface area contributed by atoms with Gasteiger partial charge in [0, 0.05) is 18.8 Å². The van der Waals surface area contributed by atoms with Crippen LogP contribution >= 0.6 is 0 Å². The molecule has 0 radical (unpaired) electrons. The number of hydrogen-bond donors (Lipinski definition) is 2. The van der Waals surface area contributed by atoms with Gasteiger partial charge in [0.1, 0.15) is 11.8 Å². The fourth-order valence-electron chi connectivity index (χ4n) is 4.16. The van der Waals surface area contributed by atoms with Gasteiger partial charge in [0.25, 0.3) is 0 Å². The largest absolute Gasteiger partial charge is 0.476 e. The molecule has 212 valence electrons. The number of carboxylic acids is 1. The van der Waals surface area contributed by atoms with E-state index >= 15 is 0 Å². The summed E-state index contributed by atoms with van der Waals surface area (Å²) in [6, 6.07) is 20.6. The molecule has 10 nitrogen and oxygen atoms in total. The van der Waals surface area contributed by atoms with Crippen LogP contribution in [0.2, 0.25) is 0 Å². The van der Waals surface area contributed by atoms with Crippen molar-refractivity contribution in [2.45, 2.75) is 13.0 Å². The van der Waals surface area contributed by atoms with Gasteiger partial charge in [-0.3, -0.25) is 5.32 Å². The molecule has 0 aliphatic carbocycles. The summed E-state index contributed by atoms with van der Waals surface area (Å²) in [5.41, 5.74) is 1.99. The first kappa shape index (κ1) is 27.9. The molecule has 42 heavy (non-hydrogen) atoms. The number of amides is 1. The second-order valence-electron chi connectivity index (χ2n) is 9.10. The van der Waals surface area contributed by atoms with Crippen LogP contribution in [-0.2, 0) is 11.8 Å². The number of aromatic carboxylic acids is 1. The quantitative estimate of drug-likeness (QED) is 0.213. The molecule has 0 saturated carbocycles. The van der Waals surface area contributed by atoms with Gasteiger partial charge in [-0.2, -0.15) is 0 Å². The van der Waals surface area contributed by atoms with Crippen molar-refractivity contribution in [3.8, 4) is 33.9 Å². The Morgan fingerprint density at radius 1 is 0.929 bits per heavy atom. The SMILES string of the molecule is CC(OC(=O)Nc1c(-c2ccc(-c3cc(F)c(Oc4cccnc4C(=O)O)c(F)c3)cc2)nnn1C)c1ccccc1. The van der Waals surface area contributed by atoms with Gasteiger partial charge in [-0.05, 0) is 47.9 Å². The van der Waals surface area contributed by atoms with E-state index in [1.807, 2.05) is 30.3 Å². The molecule has 3 aromatic carbocycles. The first-order valence-corrected chi connectivity index (χ1v) is 12.6. The van der Waals surface area contributed by atoms with Gasteiger partial charge in [0.2, 0.25) is 0 Å². The zero-order chi connectivity index (χ0) is 29.8. The Bertz CT molecular complexity index is 1740. The first-order chi connectivity index (χ1) is 20.2. The number of rotatable bonds is 8. The number of anilines is 1. The maximum Gasteiger partial charge on any atom is 0.413 e. The van der Waals surface area contributed by atoms with E-state index in [1.165, 1.54) is 23.0 Å². The van der Waals surface area contributed by atoms with Crippen molar-refractivity contribution in [1.29, 1.82) is 0 Å². The summed E-state index contributed by atoms with van der Waals surface area (Å²) < 4.78 is 42.0. The molecule has 12 heteroatoms. The topological polar surface area (TPSA) is 128 Å². The van der Waals surface area contributed by atoms with Crippen LogP contribution < -0.4 is 10.1 Å². The Morgan fingerprint density at radius 3 is 2.26 bits per heavy atom. The normalized spacial score (nSPS) is 11.5. The highest BCUT2D eigenvalue weighted by Crippen LogP contribution is 2.34. The molecule has 0 fully saturated rings. The molecular formula is C30H23F2N5O5. The van der Waals surface area contributed by atoms with E-state index in [4.69, 9.17) is 9.47 Å². The predicted molar refractivity (Wildman–Crippen MR) is 148 cm³/mol. The third-order valence-corrected chi connectivity index (χ3v) is 6.28. The lowest BCUT2D eigenvalue weighted by Gasteiger charge is -2.14. The van der Waals surface area contributed by atoms with E-state index in [0.29, 0.717) is 22.6 Å². The Labute approximate surface area is 238 Å². The molecule has 1 atom stereocenters. The van der Waals surface area contributed by atoms with Crippen LogP contribution in [0, 0.1) is 11.6 Å². The lowest BCUT2D eigenvalue weighted by Crippen LogP contribution is -2.18. The third kappa shape index (κ3) is 5.92. The van der Waals surface area contributed by atoms with E-state index in [9.17, 15) is 23.5 Å². The fraction of sp³-hybridized carbons (Fsp3) is 0.100. The van der Waals surface area contributed by atoms with E-state index in [2.05, 4.69) is 20.6 Å². The lowest BCUT2D eigenvalue weighted by atomic mass is 10.0. The monoisotopic (exact) mass is 571 g/mol. The summed E-state index contributed by atoms with van der Waals surface area (Å²) >= 11 is 0. The molecule has 2 heterocycles. The van der Waals surface area contributed by atoms with Crippen molar-refractivity contribution in [1.82, 2.24) is 20.0 Å². The number of ether oxygens (including phenoxy) is 2. The Hall–Kier alpha value is -5.65. The van der Waals surface area contributed by atoms with Gasteiger partial charge in [-0.25, -0.2) is 28.0 Å². The number of aromatic nitrogens is 4. The molecule has 0 aliphatic rings. The minimum Gasteiger partial charge on any atom is -0.476 e. The van der Waals surface area contributed by atoms with Crippen LogP contribution in [-0.4, -0.2) is 37.1 Å². The highest BCUT2D eigenvalue weighted by atomic mass is 19.1. The van der Waals surface area contributed by atoms with Crippen LogP contribution in [0.25, 0.3) is 22.4 Å². The number of halogens is 2. The van der Waals surface area contributed by atoms with Crippen molar-refractivity contribution in [3.63, 3.8) is 0 Å². The van der Waals surface area contributed by atoms with Gasteiger partial charge in [0.15, 0.2) is 34.6 Å². The predicted octanol–water partition coefficient (Wildman–Crippen LogP) is 6.62. The zero-order valence-electron chi connectivity index (χ0n) is 22.3. The van der Waals surface area contributed by atoms with Gasteiger partial charge in [-0.1, -0.05) is 59.8 Å². The maximum absolute atomic E-state index is 14.9. The molecule has 1 amide bonds. The summed E-state index contributed by atoms with van der Waals surface area (Å²) in [4.78, 5) is 27.6. The van der Waals surface area contributed by atoms with Crippen molar-refractivity contribution >= 4 is 17.9 Å². The minimum atomic E-state index is -1.40. The van der Waals surface area contributed by atoms with Gasteiger partial charge < -0.3 is 14.6 Å². The number of carboxylic acid groups (broad SMARTS) is 1. The molecule has 0 spiro atoms. The minimum absolute atomic E-state index is 0.213. The maximum atomic E-state index is 14.9. The summed E-state index contributed by atoms with van der Waals surface area (Å²) in [5, 5.41) is 20.1. The molecule has 0 saturated heterocycles. The smallest absolute Gasteiger partial charge is 0.413 e. The number of benzene rings is 3. The van der Waals surface area contributed by atoms with Crippen LogP contribution in [0.15, 0.2) is 85.1 Å². The number of hydrogen-bond acceptors (Lipinski definition) is 7. The lowest BCUT2D eigenvalue weighted by molar-refractivity contribution is 0.0687. The zero-order valence-corrected chi connectivity index (χ0v) is 22.3. The molecule has 5 aromatic rings. The number of nitrogens with zero attached hydrogens (tertiary/aromatic N) is 4.